The highest BCUT2D eigenvalue weighted by molar-refractivity contribution is 5.44. The predicted octanol–water partition coefficient (Wildman–Crippen LogP) is 3.42. The van der Waals surface area contributed by atoms with Gasteiger partial charge in [0.15, 0.2) is 11.5 Å². The fourth-order valence-electron chi connectivity index (χ4n) is 2.22. The molecular weight excluding hydrogens is 252 g/mol. The van der Waals surface area contributed by atoms with Crippen LogP contribution in [-0.2, 0) is 0 Å². The molecule has 0 heterocycles. The van der Waals surface area contributed by atoms with Gasteiger partial charge in [0.2, 0.25) is 0 Å². The molecule has 0 aliphatic heterocycles. The zero-order chi connectivity index (χ0) is 15.2. The summed E-state index contributed by atoms with van der Waals surface area (Å²) in [5.74, 6) is 7.32. The molecule has 0 spiro atoms. The first-order valence-corrected chi connectivity index (χ1v) is 7.35. The summed E-state index contributed by atoms with van der Waals surface area (Å²) >= 11 is 0. The summed E-state index contributed by atoms with van der Waals surface area (Å²) in [5, 5.41) is 0. The predicted molar refractivity (Wildman–Crippen MR) is 82.9 cm³/mol. The summed E-state index contributed by atoms with van der Waals surface area (Å²) in [6, 6.07) is 6.11. The zero-order valence-corrected chi connectivity index (χ0v) is 13.3. The van der Waals surface area contributed by atoms with Crippen molar-refractivity contribution in [2.24, 2.45) is 11.3 Å². The third-order valence-electron chi connectivity index (χ3n) is 3.76. The van der Waals surface area contributed by atoms with Crippen LogP contribution < -0.4 is 20.7 Å². The molecule has 0 fully saturated rings. The molecule has 0 saturated carbocycles. The lowest BCUT2D eigenvalue weighted by molar-refractivity contribution is 0.234. The molecule has 4 nitrogen and oxygen atoms in total. The van der Waals surface area contributed by atoms with Gasteiger partial charge in [-0.25, -0.2) is 0 Å². The van der Waals surface area contributed by atoms with E-state index >= 15 is 0 Å². The minimum absolute atomic E-state index is 0.0609. The molecule has 0 aliphatic rings. The monoisotopic (exact) mass is 280 g/mol. The SMILES string of the molecule is CCOc1ccc(C(NN)C(C)(C)CC)cc1OCC. The zero-order valence-electron chi connectivity index (χ0n) is 13.3. The molecule has 20 heavy (non-hydrogen) atoms. The van der Waals surface area contributed by atoms with Gasteiger partial charge in [-0.3, -0.25) is 11.3 Å². The van der Waals surface area contributed by atoms with Crippen molar-refractivity contribution in [3.05, 3.63) is 23.8 Å². The van der Waals surface area contributed by atoms with Crippen molar-refractivity contribution >= 4 is 0 Å². The molecule has 1 unspecified atom stereocenters. The average molecular weight is 280 g/mol. The fraction of sp³-hybridized carbons (Fsp3) is 0.625. The molecule has 0 aliphatic carbocycles. The molecule has 114 valence electrons. The van der Waals surface area contributed by atoms with Crippen molar-refractivity contribution in [2.45, 2.75) is 47.1 Å². The minimum Gasteiger partial charge on any atom is -0.490 e. The highest BCUT2D eigenvalue weighted by Crippen LogP contribution is 2.39. The quantitative estimate of drug-likeness (QED) is 0.566. The summed E-state index contributed by atoms with van der Waals surface area (Å²) in [7, 11) is 0. The van der Waals surface area contributed by atoms with Crippen molar-refractivity contribution < 1.29 is 9.47 Å². The number of hydrogen-bond acceptors (Lipinski definition) is 4. The summed E-state index contributed by atoms with van der Waals surface area (Å²) < 4.78 is 11.3. The fourth-order valence-corrected chi connectivity index (χ4v) is 2.22. The molecule has 1 atom stereocenters. The number of nitrogens with one attached hydrogen (secondary N) is 1. The topological polar surface area (TPSA) is 56.5 Å². The Hall–Kier alpha value is -1.26. The second-order valence-corrected chi connectivity index (χ2v) is 5.51. The van der Waals surface area contributed by atoms with Crippen molar-refractivity contribution in [1.82, 2.24) is 5.43 Å². The Morgan fingerprint density at radius 2 is 1.70 bits per heavy atom. The second-order valence-electron chi connectivity index (χ2n) is 5.51. The number of rotatable bonds is 8. The van der Waals surface area contributed by atoms with Crippen LogP contribution in [-0.4, -0.2) is 13.2 Å². The normalized spacial score (nSPS) is 13.1. The van der Waals surface area contributed by atoms with E-state index in [4.69, 9.17) is 15.3 Å². The number of hydrazine groups is 1. The van der Waals surface area contributed by atoms with E-state index in [0.29, 0.717) is 13.2 Å². The van der Waals surface area contributed by atoms with E-state index in [9.17, 15) is 0 Å². The van der Waals surface area contributed by atoms with Gasteiger partial charge in [0.1, 0.15) is 0 Å². The Labute approximate surface area is 122 Å². The van der Waals surface area contributed by atoms with E-state index in [1.165, 1.54) is 0 Å². The van der Waals surface area contributed by atoms with Gasteiger partial charge in [-0.05, 0) is 43.4 Å². The molecule has 1 rings (SSSR count). The van der Waals surface area contributed by atoms with Gasteiger partial charge in [-0.15, -0.1) is 0 Å². The highest BCUT2D eigenvalue weighted by Gasteiger charge is 2.29. The first-order chi connectivity index (χ1) is 9.50. The Balaban J connectivity index is 3.14. The third-order valence-corrected chi connectivity index (χ3v) is 3.76. The van der Waals surface area contributed by atoms with Crippen LogP contribution in [0.15, 0.2) is 18.2 Å². The molecule has 0 aromatic heterocycles. The van der Waals surface area contributed by atoms with Crippen LogP contribution in [0.3, 0.4) is 0 Å². The summed E-state index contributed by atoms with van der Waals surface area (Å²) in [6.07, 6.45) is 1.03. The van der Waals surface area contributed by atoms with Gasteiger partial charge >= 0.3 is 0 Å². The maximum absolute atomic E-state index is 5.77. The lowest BCUT2D eigenvalue weighted by Crippen LogP contribution is -2.38. The Morgan fingerprint density at radius 3 is 2.20 bits per heavy atom. The third kappa shape index (κ3) is 3.87. The molecule has 1 aromatic carbocycles. The highest BCUT2D eigenvalue weighted by atomic mass is 16.5. The van der Waals surface area contributed by atoms with Crippen LogP contribution in [0.5, 0.6) is 11.5 Å². The van der Waals surface area contributed by atoms with Crippen LogP contribution in [0.4, 0.5) is 0 Å². The van der Waals surface area contributed by atoms with Crippen LogP contribution in [0.25, 0.3) is 0 Å². The van der Waals surface area contributed by atoms with Crippen molar-refractivity contribution in [3.63, 3.8) is 0 Å². The van der Waals surface area contributed by atoms with Crippen molar-refractivity contribution in [3.8, 4) is 11.5 Å². The maximum Gasteiger partial charge on any atom is 0.161 e. The van der Waals surface area contributed by atoms with E-state index in [-0.39, 0.29) is 11.5 Å². The Bertz CT molecular complexity index is 419. The smallest absolute Gasteiger partial charge is 0.161 e. The number of nitrogens with two attached hydrogens (primary N) is 1. The molecule has 0 bridgehead atoms. The van der Waals surface area contributed by atoms with Crippen LogP contribution >= 0.6 is 0 Å². The van der Waals surface area contributed by atoms with Crippen molar-refractivity contribution in [1.29, 1.82) is 0 Å². The standard InChI is InChI=1S/C16H28N2O2/c1-6-16(4,5)15(18-17)12-9-10-13(19-7-2)14(11-12)20-8-3/h9-11,15,18H,6-8,17H2,1-5H3. The lowest BCUT2D eigenvalue weighted by atomic mass is 9.78. The second kappa shape index (κ2) is 7.50. The summed E-state index contributed by atoms with van der Waals surface area (Å²) in [6.45, 7) is 11.7. The van der Waals surface area contributed by atoms with E-state index in [2.05, 4.69) is 32.3 Å². The molecular formula is C16H28N2O2. The van der Waals surface area contributed by atoms with Gasteiger partial charge in [-0.1, -0.05) is 26.8 Å². The van der Waals surface area contributed by atoms with Crippen LogP contribution in [0, 0.1) is 5.41 Å². The lowest BCUT2D eigenvalue weighted by Gasteiger charge is -2.33. The first-order valence-electron chi connectivity index (χ1n) is 7.35. The largest absolute Gasteiger partial charge is 0.490 e. The Morgan fingerprint density at radius 1 is 1.10 bits per heavy atom. The molecule has 0 amide bonds. The molecule has 0 saturated heterocycles. The van der Waals surface area contributed by atoms with E-state index in [1.807, 2.05) is 26.0 Å². The summed E-state index contributed by atoms with van der Waals surface area (Å²) in [4.78, 5) is 0. The van der Waals surface area contributed by atoms with Gasteiger partial charge in [-0.2, -0.15) is 0 Å². The molecule has 0 radical (unpaired) electrons. The van der Waals surface area contributed by atoms with Gasteiger partial charge in [0.25, 0.3) is 0 Å². The minimum atomic E-state index is 0.0609. The Kier molecular flexibility index (Phi) is 6.30. The van der Waals surface area contributed by atoms with Gasteiger partial charge in [0, 0.05) is 0 Å². The number of benzene rings is 1. The van der Waals surface area contributed by atoms with Crippen LogP contribution in [0.1, 0.15) is 52.6 Å². The number of hydrogen-bond donors (Lipinski definition) is 2. The molecule has 1 aromatic rings. The number of ether oxygens (including phenoxy) is 2. The van der Waals surface area contributed by atoms with E-state index in [1.54, 1.807) is 0 Å². The first kappa shape index (κ1) is 16.8. The molecule has 3 N–H and O–H groups in total. The van der Waals surface area contributed by atoms with E-state index < -0.39 is 0 Å². The summed E-state index contributed by atoms with van der Waals surface area (Å²) in [5.41, 5.74) is 4.11. The van der Waals surface area contributed by atoms with Gasteiger partial charge in [0.05, 0.1) is 19.3 Å². The van der Waals surface area contributed by atoms with Gasteiger partial charge < -0.3 is 9.47 Å². The van der Waals surface area contributed by atoms with Crippen LogP contribution in [0.2, 0.25) is 0 Å². The van der Waals surface area contributed by atoms with E-state index in [0.717, 1.165) is 23.5 Å². The molecule has 4 heteroatoms. The average Bonchev–Trinajstić information content (AvgIpc) is 2.42. The van der Waals surface area contributed by atoms with Crippen molar-refractivity contribution in [2.75, 3.05) is 13.2 Å². The maximum atomic E-state index is 5.77.